The molecule has 6 heteroatoms. The van der Waals surface area contributed by atoms with Gasteiger partial charge in [0, 0.05) is 30.7 Å². The second-order valence-electron chi connectivity index (χ2n) is 7.31. The molecule has 2 aromatic carbocycles. The third-order valence-electron chi connectivity index (χ3n) is 5.18. The van der Waals surface area contributed by atoms with E-state index < -0.39 is 0 Å². The molecule has 0 spiro atoms. The molecule has 0 bridgehead atoms. The van der Waals surface area contributed by atoms with Gasteiger partial charge in [-0.05, 0) is 49.9 Å². The van der Waals surface area contributed by atoms with Crippen LogP contribution in [0.4, 0.5) is 5.69 Å². The number of hydrogen-bond donors (Lipinski definition) is 2. The van der Waals surface area contributed by atoms with Gasteiger partial charge >= 0.3 is 0 Å². The molecule has 1 aliphatic heterocycles. The van der Waals surface area contributed by atoms with Gasteiger partial charge in [-0.1, -0.05) is 41.9 Å². The zero-order chi connectivity index (χ0) is 20.1. The third-order valence-corrected chi connectivity index (χ3v) is 5.49. The molecule has 1 aliphatic rings. The van der Waals surface area contributed by atoms with E-state index in [1.165, 1.54) is 0 Å². The lowest BCUT2D eigenvalue weighted by molar-refractivity contribution is -0.116. The molecule has 1 saturated heterocycles. The molecule has 0 aliphatic carbocycles. The van der Waals surface area contributed by atoms with Crippen molar-refractivity contribution < 1.29 is 9.59 Å². The normalized spacial score (nSPS) is 17.8. The molecule has 2 amide bonds. The molecule has 0 radical (unpaired) electrons. The second-order valence-corrected chi connectivity index (χ2v) is 7.71. The summed E-state index contributed by atoms with van der Waals surface area (Å²) in [5.41, 5.74) is 8.03. The summed E-state index contributed by atoms with van der Waals surface area (Å²) in [5.74, 6) is -0.252. The van der Waals surface area contributed by atoms with Gasteiger partial charge in [0.05, 0.1) is 10.6 Å². The van der Waals surface area contributed by atoms with Crippen LogP contribution in [-0.2, 0) is 4.79 Å². The minimum Gasteiger partial charge on any atom is -0.336 e. The van der Waals surface area contributed by atoms with Gasteiger partial charge in [-0.15, -0.1) is 0 Å². The van der Waals surface area contributed by atoms with Crippen LogP contribution in [0.2, 0.25) is 5.02 Å². The van der Waals surface area contributed by atoms with Crippen molar-refractivity contribution in [2.75, 3.05) is 11.9 Å². The highest BCUT2D eigenvalue weighted by Gasteiger charge is 2.25. The maximum Gasteiger partial charge on any atom is 0.255 e. The number of carbonyl (C=O) groups is 2. The number of hydrogen-bond acceptors (Lipinski definition) is 3. The number of nitrogens with one attached hydrogen (secondary N) is 1. The predicted molar refractivity (Wildman–Crippen MR) is 112 cm³/mol. The Morgan fingerprint density at radius 2 is 1.96 bits per heavy atom. The van der Waals surface area contributed by atoms with E-state index in [0.29, 0.717) is 16.3 Å². The lowest BCUT2D eigenvalue weighted by Crippen LogP contribution is -2.42. The highest BCUT2D eigenvalue weighted by Crippen LogP contribution is 2.26. The Kier molecular flexibility index (Phi) is 6.70. The van der Waals surface area contributed by atoms with E-state index in [9.17, 15) is 9.59 Å². The average Bonchev–Trinajstić information content (AvgIpc) is 2.68. The van der Waals surface area contributed by atoms with E-state index in [0.717, 1.165) is 31.4 Å². The minimum absolute atomic E-state index is 0.0545. The molecule has 0 saturated carbocycles. The fourth-order valence-electron chi connectivity index (χ4n) is 3.55. The zero-order valence-corrected chi connectivity index (χ0v) is 16.8. The van der Waals surface area contributed by atoms with E-state index in [1.807, 2.05) is 35.2 Å². The zero-order valence-electron chi connectivity index (χ0n) is 16.0. The van der Waals surface area contributed by atoms with E-state index in [4.69, 9.17) is 17.3 Å². The van der Waals surface area contributed by atoms with Gasteiger partial charge in [-0.3, -0.25) is 9.59 Å². The van der Waals surface area contributed by atoms with Gasteiger partial charge < -0.3 is 16.0 Å². The molecule has 28 heavy (non-hydrogen) atoms. The van der Waals surface area contributed by atoms with Gasteiger partial charge in [0.2, 0.25) is 5.91 Å². The first-order valence-electron chi connectivity index (χ1n) is 9.66. The molecule has 1 fully saturated rings. The molecule has 148 valence electrons. The Morgan fingerprint density at radius 1 is 1.21 bits per heavy atom. The number of anilines is 1. The second kappa shape index (κ2) is 9.22. The van der Waals surface area contributed by atoms with Crippen molar-refractivity contribution in [1.82, 2.24) is 4.90 Å². The number of rotatable bonds is 5. The lowest BCUT2D eigenvalue weighted by atomic mass is 10.0. The largest absolute Gasteiger partial charge is 0.336 e. The molecule has 2 unspecified atom stereocenters. The van der Waals surface area contributed by atoms with Gasteiger partial charge in [0.1, 0.15) is 0 Å². The lowest BCUT2D eigenvalue weighted by Gasteiger charge is -2.33. The number of halogens is 1. The smallest absolute Gasteiger partial charge is 0.255 e. The number of benzene rings is 2. The summed E-state index contributed by atoms with van der Waals surface area (Å²) in [4.78, 5) is 27.0. The Hall–Kier alpha value is -2.37. The van der Waals surface area contributed by atoms with Crippen molar-refractivity contribution in [2.24, 2.45) is 5.73 Å². The monoisotopic (exact) mass is 399 g/mol. The highest BCUT2D eigenvalue weighted by atomic mass is 35.5. The molecule has 3 rings (SSSR count). The first-order valence-corrected chi connectivity index (χ1v) is 10.0. The summed E-state index contributed by atoms with van der Waals surface area (Å²) < 4.78 is 0. The number of piperidine rings is 1. The molecule has 2 atom stereocenters. The van der Waals surface area contributed by atoms with Crippen LogP contribution in [-0.4, -0.2) is 29.3 Å². The van der Waals surface area contributed by atoms with Crippen molar-refractivity contribution in [3.63, 3.8) is 0 Å². The topological polar surface area (TPSA) is 75.4 Å². The summed E-state index contributed by atoms with van der Waals surface area (Å²) in [6.07, 6.45) is 3.34. The molecule has 0 aromatic heterocycles. The summed E-state index contributed by atoms with van der Waals surface area (Å²) in [6, 6.07) is 14.3. The maximum absolute atomic E-state index is 12.8. The summed E-state index contributed by atoms with van der Waals surface area (Å²) in [5, 5.41) is 3.15. The first-order chi connectivity index (χ1) is 13.5. The van der Waals surface area contributed by atoms with Gasteiger partial charge in [0.25, 0.3) is 5.91 Å². The minimum atomic E-state index is -0.377. The maximum atomic E-state index is 12.8. The van der Waals surface area contributed by atoms with Crippen LogP contribution < -0.4 is 11.1 Å². The SMILES string of the molecule is CC1CCCCN1C(=O)c1ccc(NC(=O)CC(N)c2ccccc2)cc1Cl. The molecule has 2 aromatic rings. The fraction of sp³-hybridized carbons (Fsp3) is 0.364. The molecule has 5 nitrogen and oxygen atoms in total. The van der Waals surface area contributed by atoms with E-state index in [-0.39, 0.29) is 30.3 Å². The van der Waals surface area contributed by atoms with E-state index in [1.54, 1.807) is 18.2 Å². The quantitative estimate of drug-likeness (QED) is 0.783. The molecular weight excluding hydrogens is 374 g/mol. The van der Waals surface area contributed by atoms with Crippen molar-refractivity contribution in [1.29, 1.82) is 0 Å². The highest BCUT2D eigenvalue weighted by molar-refractivity contribution is 6.34. The summed E-state index contributed by atoms with van der Waals surface area (Å²) in [6.45, 7) is 2.82. The van der Waals surface area contributed by atoms with Gasteiger partial charge in [0.15, 0.2) is 0 Å². The Bertz CT molecular complexity index is 841. The number of amides is 2. The van der Waals surface area contributed by atoms with Crippen LogP contribution in [0.3, 0.4) is 0 Å². The molecule has 3 N–H and O–H groups in total. The Labute approximate surface area is 170 Å². The number of nitrogens with zero attached hydrogens (tertiary/aromatic N) is 1. The molecule has 1 heterocycles. The number of likely N-dealkylation sites (tertiary alicyclic amines) is 1. The van der Waals surface area contributed by atoms with Crippen LogP contribution in [0, 0.1) is 0 Å². The van der Waals surface area contributed by atoms with Gasteiger partial charge in [-0.25, -0.2) is 0 Å². The summed E-state index contributed by atoms with van der Waals surface area (Å²) >= 11 is 6.35. The van der Waals surface area contributed by atoms with E-state index in [2.05, 4.69) is 12.2 Å². The van der Waals surface area contributed by atoms with Crippen molar-refractivity contribution >= 4 is 29.1 Å². The number of nitrogens with two attached hydrogens (primary N) is 1. The van der Waals surface area contributed by atoms with Crippen molar-refractivity contribution in [3.8, 4) is 0 Å². The van der Waals surface area contributed by atoms with Crippen LogP contribution in [0.25, 0.3) is 0 Å². The standard InChI is InChI=1S/C22H26ClN3O2/c1-15-7-5-6-12-26(15)22(28)18-11-10-17(13-19(18)23)25-21(27)14-20(24)16-8-3-2-4-9-16/h2-4,8-11,13,15,20H,5-7,12,14,24H2,1H3,(H,25,27). The van der Waals surface area contributed by atoms with E-state index >= 15 is 0 Å². The van der Waals surface area contributed by atoms with Crippen LogP contribution in [0.15, 0.2) is 48.5 Å². The van der Waals surface area contributed by atoms with Crippen LogP contribution >= 0.6 is 11.6 Å². The first kappa shape index (κ1) is 20.4. The fourth-order valence-corrected chi connectivity index (χ4v) is 3.81. The average molecular weight is 400 g/mol. The third kappa shape index (κ3) is 4.91. The van der Waals surface area contributed by atoms with Crippen LogP contribution in [0.5, 0.6) is 0 Å². The summed E-state index contributed by atoms with van der Waals surface area (Å²) in [7, 11) is 0. The predicted octanol–water partition coefficient (Wildman–Crippen LogP) is 4.38. The van der Waals surface area contributed by atoms with Gasteiger partial charge in [-0.2, -0.15) is 0 Å². The number of carbonyl (C=O) groups excluding carboxylic acids is 2. The Balaban J connectivity index is 1.63. The van der Waals surface area contributed by atoms with Crippen molar-refractivity contribution in [3.05, 3.63) is 64.7 Å². The molecular formula is C22H26ClN3O2. The van der Waals surface area contributed by atoms with Crippen LogP contribution in [0.1, 0.15) is 54.6 Å². The van der Waals surface area contributed by atoms with Crippen molar-refractivity contribution in [2.45, 2.75) is 44.7 Å². The Morgan fingerprint density at radius 3 is 2.64 bits per heavy atom.